The van der Waals surface area contributed by atoms with Crippen LogP contribution in [-0.4, -0.2) is 51.5 Å². The molecule has 1 unspecified atom stereocenters. The number of aliphatic hydroxyl groups is 1. The molecule has 1 atom stereocenters. The molecular formula is C7H10NNaO3. The Labute approximate surface area is 92.4 Å². The van der Waals surface area contributed by atoms with Crippen LogP contribution in [0.4, 0.5) is 0 Å². The van der Waals surface area contributed by atoms with Crippen molar-refractivity contribution in [3.8, 4) is 0 Å². The van der Waals surface area contributed by atoms with Gasteiger partial charge in [0.15, 0.2) is 6.10 Å². The van der Waals surface area contributed by atoms with E-state index < -0.39 is 12.1 Å². The maximum atomic E-state index is 10.7. The number of nitrogens with zero attached hydrogens (tertiary/aromatic N) is 1. The van der Waals surface area contributed by atoms with Gasteiger partial charge in [0.25, 0.3) is 0 Å². The zero-order chi connectivity index (χ0) is 8.27. The molecule has 0 radical (unpaired) electrons. The van der Waals surface area contributed by atoms with Gasteiger partial charge >= 0.3 is 35.5 Å². The Balaban J connectivity index is 0.00000121. The molecule has 1 heterocycles. The van der Waals surface area contributed by atoms with E-state index >= 15 is 0 Å². The van der Waals surface area contributed by atoms with Gasteiger partial charge in [0.2, 0.25) is 0 Å². The third-order valence-corrected chi connectivity index (χ3v) is 1.11. The van der Waals surface area contributed by atoms with E-state index in [1.165, 1.54) is 11.7 Å². The van der Waals surface area contributed by atoms with Crippen molar-refractivity contribution in [1.29, 1.82) is 0 Å². The summed E-state index contributed by atoms with van der Waals surface area (Å²) in [4.78, 5) is 15.4. The van der Waals surface area contributed by atoms with Gasteiger partial charge in [0.05, 0.1) is 0 Å². The molecular weight excluding hydrogens is 169 g/mol. The summed E-state index contributed by atoms with van der Waals surface area (Å²) >= 11 is 0. The Kier molecular flexibility index (Phi) is 5.24. The topological polar surface area (TPSA) is 51.5 Å². The number of hydrogen-bond donors (Lipinski definition) is 1. The fourth-order valence-corrected chi connectivity index (χ4v) is 0.560. The van der Waals surface area contributed by atoms with Crippen LogP contribution in [0.1, 0.15) is 6.92 Å². The number of carbonyl (C=O) groups is 1. The Morgan fingerprint density at radius 3 is 2.42 bits per heavy atom. The standard InChI is InChI=1S/C7H9NO3.Na.H/c1-6(9)7(10)11-8-4-2-3-5-8;;/h2-6,9H,1H3;;. The van der Waals surface area contributed by atoms with Gasteiger partial charge < -0.3 is 9.94 Å². The van der Waals surface area contributed by atoms with E-state index in [9.17, 15) is 4.79 Å². The molecule has 5 heteroatoms. The average Bonchev–Trinajstić information content (AvgIpc) is 2.39. The van der Waals surface area contributed by atoms with Crippen LogP contribution in [0.15, 0.2) is 24.5 Å². The summed E-state index contributed by atoms with van der Waals surface area (Å²) in [6, 6.07) is 3.44. The minimum absolute atomic E-state index is 0. The average molecular weight is 179 g/mol. The Bertz CT molecular complexity index is 233. The Morgan fingerprint density at radius 2 is 2.00 bits per heavy atom. The first-order chi connectivity index (χ1) is 5.20. The summed E-state index contributed by atoms with van der Waals surface area (Å²) in [7, 11) is 0. The Morgan fingerprint density at radius 1 is 1.50 bits per heavy atom. The second-order valence-electron chi connectivity index (χ2n) is 2.13. The van der Waals surface area contributed by atoms with Gasteiger partial charge in [-0.15, -0.1) is 0 Å². The monoisotopic (exact) mass is 179 g/mol. The van der Waals surface area contributed by atoms with E-state index in [4.69, 9.17) is 5.11 Å². The molecule has 0 aliphatic rings. The van der Waals surface area contributed by atoms with Gasteiger partial charge in [-0.05, 0) is 19.1 Å². The third kappa shape index (κ3) is 3.40. The van der Waals surface area contributed by atoms with Gasteiger partial charge in [-0.1, -0.05) is 0 Å². The predicted molar refractivity (Wildman–Crippen MR) is 44.8 cm³/mol. The normalized spacial score (nSPS) is 11.5. The van der Waals surface area contributed by atoms with Crippen LogP contribution < -0.4 is 4.84 Å². The minimum atomic E-state index is -1.09. The molecule has 0 aliphatic heterocycles. The fraction of sp³-hybridized carbons (Fsp3) is 0.286. The van der Waals surface area contributed by atoms with Crippen LogP contribution in [0.5, 0.6) is 0 Å². The molecule has 0 aliphatic carbocycles. The number of aromatic nitrogens is 1. The van der Waals surface area contributed by atoms with Crippen molar-refractivity contribution in [2.45, 2.75) is 13.0 Å². The van der Waals surface area contributed by atoms with E-state index in [1.54, 1.807) is 24.5 Å². The summed E-state index contributed by atoms with van der Waals surface area (Å²) in [6.45, 7) is 1.35. The van der Waals surface area contributed by atoms with Gasteiger partial charge in [0.1, 0.15) is 0 Å². The summed E-state index contributed by atoms with van der Waals surface area (Å²) in [5.74, 6) is -0.666. The van der Waals surface area contributed by atoms with Crippen LogP contribution in [0, 0.1) is 0 Å². The van der Waals surface area contributed by atoms with Crippen molar-refractivity contribution < 1.29 is 14.7 Å². The van der Waals surface area contributed by atoms with Crippen LogP contribution in [0.3, 0.4) is 0 Å². The van der Waals surface area contributed by atoms with Gasteiger partial charge in [-0.25, -0.2) is 4.79 Å². The molecule has 62 valence electrons. The summed E-state index contributed by atoms with van der Waals surface area (Å²) in [5.41, 5.74) is 0. The predicted octanol–water partition coefficient (Wildman–Crippen LogP) is -0.824. The van der Waals surface area contributed by atoms with Gasteiger partial charge in [-0.2, -0.15) is 4.73 Å². The van der Waals surface area contributed by atoms with E-state index in [0.29, 0.717) is 0 Å². The maximum absolute atomic E-state index is 10.7. The molecule has 0 aromatic carbocycles. The van der Waals surface area contributed by atoms with E-state index in [2.05, 4.69) is 4.84 Å². The molecule has 1 N–H and O–H groups in total. The van der Waals surface area contributed by atoms with Gasteiger partial charge in [0, 0.05) is 12.4 Å². The Hall–Kier alpha value is -0.290. The van der Waals surface area contributed by atoms with Crippen LogP contribution in [-0.2, 0) is 4.79 Å². The molecule has 0 saturated carbocycles. The first-order valence-corrected chi connectivity index (χ1v) is 3.23. The summed E-state index contributed by atoms with van der Waals surface area (Å²) in [6.07, 6.45) is 2.05. The van der Waals surface area contributed by atoms with Crippen LogP contribution in [0.2, 0.25) is 0 Å². The number of carbonyl (C=O) groups excluding carboxylic acids is 1. The molecule has 1 aromatic heterocycles. The van der Waals surface area contributed by atoms with E-state index in [0.717, 1.165) is 0 Å². The van der Waals surface area contributed by atoms with Crippen molar-refractivity contribution >= 4 is 35.5 Å². The van der Waals surface area contributed by atoms with Crippen LogP contribution >= 0.6 is 0 Å². The number of hydrogen-bond acceptors (Lipinski definition) is 3. The molecule has 1 aromatic rings. The number of aliphatic hydroxyl groups excluding tert-OH is 1. The van der Waals surface area contributed by atoms with Gasteiger partial charge in [-0.3, -0.25) is 0 Å². The van der Waals surface area contributed by atoms with Crippen molar-refractivity contribution in [3.05, 3.63) is 24.5 Å². The molecule has 0 amide bonds. The first kappa shape index (κ1) is 11.7. The van der Waals surface area contributed by atoms with E-state index in [1.807, 2.05) is 0 Å². The fourth-order valence-electron chi connectivity index (χ4n) is 0.560. The van der Waals surface area contributed by atoms with Crippen molar-refractivity contribution in [1.82, 2.24) is 4.73 Å². The first-order valence-electron chi connectivity index (χ1n) is 3.23. The SMILES string of the molecule is CC(O)C(=O)On1cccc1.[NaH]. The molecule has 0 saturated heterocycles. The van der Waals surface area contributed by atoms with E-state index in [-0.39, 0.29) is 29.6 Å². The second-order valence-corrected chi connectivity index (χ2v) is 2.13. The zero-order valence-corrected chi connectivity index (χ0v) is 6.10. The molecule has 4 nitrogen and oxygen atoms in total. The third-order valence-electron chi connectivity index (χ3n) is 1.11. The van der Waals surface area contributed by atoms with Crippen LogP contribution in [0.25, 0.3) is 0 Å². The number of rotatable bonds is 2. The molecule has 0 fully saturated rings. The molecule has 12 heavy (non-hydrogen) atoms. The van der Waals surface area contributed by atoms with Crippen molar-refractivity contribution in [3.63, 3.8) is 0 Å². The molecule has 0 bridgehead atoms. The quantitative estimate of drug-likeness (QED) is 0.603. The summed E-state index contributed by atoms with van der Waals surface area (Å²) < 4.78 is 1.23. The zero-order valence-electron chi connectivity index (χ0n) is 6.10. The second kappa shape index (κ2) is 5.37. The summed E-state index contributed by atoms with van der Waals surface area (Å²) in [5, 5.41) is 8.73. The van der Waals surface area contributed by atoms with Crippen molar-refractivity contribution in [2.75, 3.05) is 0 Å². The van der Waals surface area contributed by atoms with Crippen molar-refractivity contribution in [2.24, 2.45) is 0 Å². The molecule has 1 rings (SSSR count). The molecule has 0 spiro atoms.